The molecule has 0 nitrogen and oxygen atoms in total. The molecule has 1 aromatic rings. The van der Waals surface area contributed by atoms with Crippen molar-refractivity contribution in [1.82, 2.24) is 0 Å². The first kappa shape index (κ1) is 8.52. The molecule has 0 atom stereocenters. The van der Waals surface area contributed by atoms with Crippen LogP contribution in [0.5, 0.6) is 0 Å². The predicted molar refractivity (Wildman–Crippen MR) is 59.2 cm³/mol. The summed E-state index contributed by atoms with van der Waals surface area (Å²) in [6.45, 7) is 0. The molecule has 1 aliphatic rings. The van der Waals surface area contributed by atoms with Gasteiger partial charge in [0.05, 0.1) is 0 Å². The van der Waals surface area contributed by atoms with Crippen LogP contribution in [0.4, 0.5) is 0 Å². The SMILES string of the molecule is Brc1ccc(Br)c2c1C=CCC2. The van der Waals surface area contributed by atoms with Crippen molar-refractivity contribution in [1.29, 1.82) is 0 Å². The van der Waals surface area contributed by atoms with E-state index in [0.717, 1.165) is 12.8 Å². The normalized spacial score (nSPS) is 14.5. The van der Waals surface area contributed by atoms with E-state index in [2.05, 4.69) is 56.1 Å². The Bertz CT molecular complexity index is 340. The molecule has 0 saturated carbocycles. The fraction of sp³-hybridized carbons (Fsp3) is 0.200. The Morgan fingerprint density at radius 1 is 1.08 bits per heavy atom. The van der Waals surface area contributed by atoms with Crippen LogP contribution in [0, 0.1) is 0 Å². The van der Waals surface area contributed by atoms with Crippen LogP contribution in [0.25, 0.3) is 6.08 Å². The molecular weight excluding hydrogens is 280 g/mol. The zero-order valence-electron chi connectivity index (χ0n) is 6.48. The highest BCUT2D eigenvalue weighted by Crippen LogP contribution is 2.32. The standard InChI is InChI=1S/C10H8Br2/c11-9-5-6-10(12)8-4-2-1-3-7(8)9/h1,3,5-6H,2,4H2. The third-order valence-electron chi connectivity index (χ3n) is 2.09. The average molecular weight is 288 g/mol. The van der Waals surface area contributed by atoms with Gasteiger partial charge in [0.1, 0.15) is 0 Å². The van der Waals surface area contributed by atoms with Crippen molar-refractivity contribution in [3.63, 3.8) is 0 Å². The molecule has 0 unspecified atom stereocenters. The molecule has 2 heteroatoms. The van der Waals surface area contributed by atoms with Crippen LogP contribution in [0.1, 0.15) is 17.5 Å². The fourth-order valence-corrected chi connectivity index (χ4v) is 2.52. The Balaban J connectivity index is 2.67. The highest BCUT2D eigenvalue weighted by Gasteiger charge is 2.10. The zero-order valence-corrected chi connectivity index (χ0v) is 9.65. The van der Waals surface area contributed by atoms with Gasteiger partial charge in [-0.25, -0.2) is 0 Å². The van der Waals surface area contributed by atoms with Crippen LogP contribution in [0.2, 0.25) is 0 Å². The molecule has 0 aromatic heterocycles. The van der Waals surface area contributed by atoms with Gasteiger partial charge in [0.25, 0.3) is 0 Å². The molecule has 0 radical (unpaired) electrons. The molecule has 0 N–H and O–H groups in total. The lowest BCUT2D eigenvalue weighted by Crippen LogP contribution is -1.95. The van der Waals surface area contributed by atoms with Crippen molar-refractivity contribution < 1.29 is 0 Å². The lowest BCUT2D eigenvalue weighted by molar-refractivity contribution is 0.976. The van der Waals surface area contributed by atoms with E-state index in [1.807, 2.05) is 0 Å². The van der Waals surface area contributed by atoms with E-state index in [9.17, 15) is 0 Å². The maximum Gasteiger partial charge on any atom is 0.0251 e. The third kappa shape index (κ3) is 1.38. The minimum absolute atomic E-state index is 1.14. The number of rotatable bonds is 0. The molecule has 1 aromatic carbocycles. The Morgan fingerprint density at radius 2 is 1.83 bits per heavy atom. The molecule has 2 rings (SSSR count). The fourth-order valence-electron chi connectivity index (χ4n) is 1.47. The number of allylic oxidation sites excluding steroid dienone is 1. The number of benzene rings is 1. The van der Waals surface area contributed by atoms with Gasteiger partial charge in [-0.05, 0) is 36.1 Å². The first-order valence-electron chi connectivity index (χ1n) is 3.92. The van der Waals surface area contributed by atoms with Gasteiger partial charge >= 0.3 is 0 Å². The van der Waals surface area contributed by atoms with E-state index in [-0.39, 0.29) is 0 Å². The van der Waals surface area contributed by atoms with Crippen molar-refractivity contribution in [3.8, 4) is 0 Å². The summed E-state index contributed by atoms with van der Waals surface area (Å²) in [7, 11) is 0. The summed E-state index contributed by atoms with van der Waals surface area (Å²) in [4.78, 5) is 0. The molecule has 1 aliphatic carbocycles. The molecule has 0 spiro atoms. The molecule has 62 valence electrons. The van der Waals surface area contributed by atoms with E-state index in [1.54, 1.807) is 0 Å². The van der Waals surface area contributed by atoms with Gasteiger partial charge in [-0.15, -0.1) is 0 Å². The van der Waals surface area contributed by atoms with Crippen LogP contribution in [0.15, 0.2) is 27.2 Å². The van der Waals surface area contributed by atoms with Crippen molar-refractivity contribution in [2.75, 3.05) is 0 Å². The first-order chi connectivity index (χ1) is 5.79. The summed E-state index contributed by atoms with van der Waals surface area (Å²) < 4.78 is 2.42. The molecule has 0 saturated heterocycles. The predicted octanol–water partition coefficient (Wildman–Crippen LogP) is 4.17. The van der Waals surface area contributed by atoms with Crippen LogP contribution in [0.3, 0.4) is 0 Å². The molecular formula is C10H8Br2. The van der Waals surface area contributed by atoms with Gasteiger partial charge in [0.2, 0.25) is 0 Å². The third-order valence-corrected chi connectivity index (χ3v) is 3.53. The smallest absolute Gasteiger partial charge is 0.0251 e. The van der Waals surface area contributed by atoms with E-state index in [1.165, 1.54) is 20.1 Å². The van der Waals surface area contributed by atoms with Crippen molar-refractivity contribution in [3.05, 3.63) is 38.3 Å². The molecule has 0 fully saturated rings. The first-order valence-corrected chi connectivity index (χ1v) is 5.51. The molecule has 0 amide bonds. The van der Waals surface area contributed by atoms with Crippen LogP contribution < -0.4 is 0 Å². The van der Waals surface area contributed by atoms with E-state index in [4.69, 9.17) is 0 Å². The lowest BCUT2D eigenvalue weighted by Gasteiger charge is -2.13. The Morgan fingerprint density at radius 3 is 2.58 bits per heavy atom. The van der Waals surface area contributed by atoms with Gasteiger partial charge in [-0.2, -0.15) is 0 Å². The largest absolute Gasteiger partial charge is 0.0836 e. The van der Waals surface area contributed by atoms with Gasteiger partial charge in [-0.1, -0.05) is 44.0 Å². The van der Waals surface area contributed by atoms with Crippen LogP contribution >= 0.6 is 31.9 Å². The topological polar surface area (TPSA) is 0 Å². The van der Waals surface area contributed by atoms with E-state index in [0.29, 0.717) is 0 Å². The number of hydrogen-bond donors (Lipinski definition) is 0. The number of halogens is 2. The summed E-state index contributed by atoms with van der Waals surface area (Å²) in [5, 5.41) is 0. The summed E-state index contributed by atoms with van der Waals surface area (Å²) >= 11 is 7.11. The quantitative estimate of drug-likeness (QED) is 0.672. The highest BCUT2D eigenvalue weighted by atomic mass is 79.9. The second kappa shape index (κ2) is 3.35. The second-order valence-electron chi connectivity index (χ2n) is 2.86. The number of hydrogen-bond acceptors (Lipinski definition) is 0. The second-order valence-corrected chi connectivity index (χ2v) is 4.57. The van der Waals surface area contributed by atoms with Crippen LogP contribution in [-0.4, -0.2) is 0 Å². The van der Waals surface area contributed by atoms with Crippen LogP contribution in [-0.2, 0) is 6.42 Å². The zero-order chi connectivity index (χ0) is 8.55. The summed E-state index contributed by atoms with van der Waals surface area (Å²) in [6, 6.07) is 4.18. The molecule has 0 aliphatic heterocycles. The average Bonchev–Trinajstić information content (AvgIpc) is 2.12. The highest BCUT2D eigenvalue weighted by molar-refractivity contribution is 9.11. The minimum atomic E-state index is 1.14. The maximum absolute atomic E-state index is 3.56. The summed E-state index contributed by atoms with van der Waals surface area (Å²) in [5.74, 6) is 0. The monoisotopic (exact) mass is 286 g/mol. The van der Waals surface area contributed by atoms with Gasteiger partial charge in [0.15, 0.2) is 0 Å². The summed E-state index contributed by atoms with van der Waals surface area (Å²) in [6.07, 6.45) is 6.71. The molecule has 0 bridgehead atoms. The Labute approximate surface area is 88.9 Å². The maximum atomic E-state index is 3.56. The Kier molecular flexibility index (Phi) is 2.37. The summed E-state index contributed by atoms with van der Waals surface area (Å²) in [5.41, 5.74) is 2.75. The lowest BCUT2D eigenvalue weighted by atomic mass is 9.98. The van der Waals surface area contributed by atoms with Gasteiger partial charge in [0, 0.05) is 8.95 Å². The van der Waals surface area contributed by atoms with E-state index >= 15 is 0 Å². The van der Waals surface area contributed by atoms with Gasteiger partial charge in [-0.3, -0.25) is 0 Å². The molecule has 0 heterocycles. The van der Waals surface area contributed by atoms with Crippen molar-refractivity contribution in [2.24, 2.45) is 0 Å². The Hall–Kier alpha value is -0.0800. The van der Waals surface area contributed by atoms with Gasteiger partial charge < -0.3 is 0 Å². The molecule has 12 heavy (non-hydrogen) atoms. The van der Waals surface area contributed by atoms with Crippen molar-refractivity contribution in [2.45, 2.75) is 12.8 Å². The van der Waals surface area contributed by atoms with Crippen molar-refractivity contribution >= 4 is 37.9 Å². The number of fused-ring (bicyclic) bond motifs is 1. The van der Waals surface area contributed by atoms with E-state index < -0.39 is 0 Å². The minimum Gasteiger partial charge on any atom is -0.0836 e.